The quantitative estimate of drug-likeness (QED) is 0.918. The molecule has 1 N–H and O–H groups in total. The summed E-state index contributed by atoms with van der Waals surface area (Å²) in [6.07, 6.45) is 8.45. The second-order valence-corrected chi connectivity index (χ2v) is 6.55. The number of aromatic nitrogens is 3. The molecule has 1 aliphatic rings. The molecular weight excluding hydrogens is 260 g/mol. The summed E-state index contributed by atoms with van der Waals surface area (Å²) in [5, 5.41) is 12.3. The first kappa shape index (κ1) is 14.5. The Hall–Kier alpha value is -1.42. The Labute approximate surface area is 127 Å². The van der Waals surface area contributed by atoms with E-state index in [2.05, 4.69) is 33.8 Å². The highest BCUT2D eigenvalue weighted by Gasteiger charge is 2.26. The van der Waals surface area contributed by atoms with Gasteiger partial charge in [-0.15, -0.1) is 10.2 Å². The summed E-state index contributed by atoms with van der Waals surface area (Å²) in [6.45, 7) is 5.71. The summed E-state index contributed by atoms with van der Waals surface area (Å²) in [5.41, 5.74) is 0.935. The van der Waals surface area contributed by atoms with Crippen LogP contribution in [-0.4, -0.2) is 27.2 Å². The Morgan fingerprint density at radius 2 is 2.10 bits per heavy atom. The van der Waals surface area contributed by atoms with Crippen molar-refractivity contribution in [1.29, 1.82) is 0 Å². The summed E-state index contributed by atoms with van der Waals surface area (Å²) in [7, 11) is 0. The van der Waals surface area contributed by atoms with Crippen LogP contribution >= 0.6 is 0 Å². The Kier molecular flexibility index (Phi) is 4.54. The van der Waals surface area contributed by atoms with Crippen molar-refractivity contribution in [1.82, 2.24) is 19.9 Å². The molecule has 0 aromatic carbocycles. The number of nitrogens with one attached hydrogen (secondary N) is 1. The lowest BCUT2D eigenvalue weighted by Crippen LogP contribution is -2.41. The lowest BCUT2D eigenvalue weighted by Gasteiger charge is -2.35. The van der Waals surface area contributed by atoms with Crippen molar-refractivity contribution in [2.75, 3.05) is 6.54 Å². The zero-order valence-electron chi connectivity index (χ0n) is 13.1. The van der Waals surface area contributed by atoms with Crippen LogP contribution in [0.4, 0.5) is 0 Å². The molecule has 0 radical (unpaired) electrons. The van der Waals surface area contributed by atoms with Crippen molar-refractivity contribution in [3.63, 3.8) is 0 Å². The highest BCUT2D eigenvalue weighted by molar-refractivity contribution is 5.36. The first-order valence-corrected chi connectivity index (χ1v) is 8.27. The highest BCUT2D eigenvalue weighted by Crippen LogP contribution is 2.30. The van der Waals surface area contributed by atoms with Gasteiger partial charge in [0, 0.05) is 25.2 Å². The molecule has 1 saturated carbocycles. The molecule has 3 rings (SSSR count). The lowest BCUT2D eigenvalue weighted by molar-refractivity contribution is 0.206. The number of pyridine rings is 1. The zero-order chi connectivity index (χ0) is 14.7. The molecule has 0 bridgehead atoms. The van der Waals surface area contributed by atoms with Crippen LogP contribution in [0.25, 0.3) is 5.65 Å². The molecule has 4 nitrogen and oxygen atoms in total. The molecule has 2 unspecified atom stereocenters. The van der Waals surface area contributed by atoms with E-state index in [4.69, 9.17) is 0 Å². The predicted molar refractivity (Wildman–Crippen MR) is 85.3 cm³/mol. The Bertz CT molecular complexity index is 575. The van der Waals surface area contributed by atoms with E-state index in [0.717, 1.165) is 36.3 Å². The largest absolute Gasteiger partial charge is 0.313 e. The smallest absolute Gasteiger partial charge is 0.160 e. The van der Waals surface area contributed by atoms with Gasteiger partial charge in [0.1, 0.15) is 5.82 Å². The fourth-order valence-electron chi connectivity index (χ4n) is 3.64. The van der Waals surface area contributed by atoms with Gasteiger partial charge >= 0.3 is 0 Å². The van der Waals surface area contributed by atoms with Gasteiger partial charge in [0.25, 0.3) is 0 Å². The van der Waals surface area contributed by atoms with Crippen LogP contribution in [0.15, 0.2) is 24.4 Å². The number of rotatable bonds is 5. The molecule has 114 valence electrons. The summed E-state index contributed by atoms with van der Waals surface area (Å²) >= 11 is 0. The van der Waals surface area contributed by atoms with E-state index in [1.807, 2.05) is 24.4 Å². The topological polar surface area (TPSA) is 42.2 Å². The number of fused-ring (bicyclic) bond motifs is 1. The first-order valence-electron chi connectivity index (χ1n) is 8.27. The van der Waals surface area contributed by atoms with Crippen molar-refractivity contribution in [2.45, 2.75) is 52.0 Å². The molecule has 0 aliphatic heterocycles. The van der Waals surface area contributed by atoms with Gasteiger partial charge in [-0.1, -0.05) is 32.8 Å². The molecule has 1 aliphatic carbocycles. The van der Waals surface area contributed by atoms with Crippen LogP contribution in [0.3, 0.4) is 0 Å². The van der Waals surface area contributed by atoms with Crippen LogP contribution in [0.5, 0.6) is 0 Å². The third kappa shape index (κ3) is 3.26. The van der Waals surface area contributed by atoms with Gasteiger partial charge in [0.05, 0.1) is 0 Å². The van der Waals surface area contributed by atoms with Crippen molar-refractivity contribution >= 4 is 5.65 Å². The maximum absolute atomic E-state index is 4.31. The van der Waals surface area contributed by atoms with Crippen LogP contribution in [0, 0.1) is 11.8 Å². The second kappa shape index (κ2) is 6.56. The maximum Gasteiger partial charge on any atom is 0.160 e. The van der Waals surface area contributed by atoms with Gasteiger partial charge in [-0.2, -0.15) is 0 Å². The van der Waals surface area contributed by atoms with E-state index in [0.29, 0.717) is 6.04 Å². The van der Waals surface area contributed by atoms with Crippen molar-refractivity contribution in [2.24, 2.45) is 11.8 Å². The summed E-state index contributed by atoms with van der Waals surface area (Å²) < 4.78 is 2.09. The molecule has 2 aromatic rings. The normalized spacial score (nSPS) is 23.0. The van der Waals surface area contributed by atoms with E-state index in [9.17, 15) is 0 Å². The monoisotopic (exact) mass is 286 g/mol. The summed E-state index contributed by atoms with van der Waals surface area (Å²) in [6, 6.07) is 6.71. The van der Waals surface area contributed by atoms with E-state index < -0.39 is 0 Å². The third-order valence-electron chi connectivity index (χ3n) is 4.82. The molecule has 4 heteroatoms. The van der Waals surface area contributed by atoms with Crippen LogP contribution in [0.1, 0.15) is 45.4 Å². The summed E-state index contributed by atoms with van der Waals surface area (Å²) in [5.74, 6) is 2.65. The fourth-order valence-corrected chi connectivity index (χ4v) is 3.64. The standard InChI is InChI=1S/C17H26N4/c1-13(2)14-7-3-4-8-15(14)18-11-10-17-20-19-16-9-5-6-12-21(16)17/h5-6,9,12-15,18H,3-4,7-8,10-11H2,1-2H3. The SMILES string of the molecule is CC(C)C1CCCCC1NCCc1nnc2ccccn12. The summed E-state index contributed by atoms with van der Waals surface area (Å²) in [4.78, 5) is 0. The van der Waals surface area contributed by atoms with Gasteiger partial charge in [-0.05, 0) is 36.8 Å². The van der Waals surface area contributed by atoms with Gasteiger partial charge in [-0.25, -0.2) is 0 Å². The van der Waals surface area contributed by atoms with Gasteiger partial charge in [0.15, 0.2) is 5.65 Å². The maximum atomic E-state index is 4.31. The molecule has 1 fully saturated rings. The Morgan fingerprint density at radius 3 is 2.95 bits per heavy atom. The lowest BCUT2D eigenvalue weighted by atomic mass is 9.78. The van der Waals surface area contributed by atoms with Gasteiger partial charge in [-0.3, -0.25) is 4.40 Å². The number of nitrogens with zero attached hydrogens (tertiary/aromatic N) is 3. The molecule has 0 amide bonds. The zero-order valence-corrected chi connectivity index (χ0v) is 13.1. The molecular formula is C17H26N4. The van der Waals surface area contributed by atoms with Crippen LogP contribution in [-0.2, 0) is 6.42 Å². The number of hydrogen-bond acceptors (Lipinski definition) is 3. The van der Waals surface area contributed by atoms with E-state index >= 15 is 0 Å². The molecule has 0 saturated heterocycles. The fraction of sp³-hybridized carbons (Fsp3) is 0.647. The average Bonchev–Trinajstić information content (AvgIpc) is 2.91. The molecule has 21 heavy (non-hydrogen) atoms. The molecule has 0 spiro atoms. The molecule has 2 atom stereocenters. The van der Waals surface area contributed by atoms with Gasteiger partial charge < -0.3 is 5.32 Å². The second-order valence-electron chi connectivity index (χ2n) is 6.55. The third-order valence-corrected chi connectivity index (χ3v) is 4.82. The molecule has 2 heterocycles. The van der Waals surface area contributed by atoms with Crippen LogP contribution in [0.2, 0.25) is 0 Å². The van der Waals surface area contributed by atoms with Gasteiger partial charge in [0.2, 0.25) is 0 Å². The minimum atomic E-state index is 0.679. The van der Waals surface area contributed by atoms with Crippen molar-refractivity contribution in [3.8, 4) is 0 Å². The minimum absolute atomic E-state index is 0.679. The first-order chi connectivity index (χ1) is 10.3. The highest BCUT2D eigenvalue weighted by atomic mass is 15.2. The predicted octanol–water partition coefficient (Wildman–Crippen LogP) is 3.08. The van der Waals surface area contributed by atoms with E-state index in [1.54, 1.807) is 0 Å². The van der Waals surface area contributed by atoms with E-state index in [-0.39, 0.29) is 0 Å². The van der Waals surface area contributed by atoms with Crippen molar-refractivity contribution in [3.05, 3.63) is 30.2 Å². The van der Waals surface area contributed by atoms with Crippen LogP contribution < -0.4 is 5.32 Å². The average molecular weight is 286 g/mol. The Balaban J connectivity index is 1.58. The van der Waals surface area contributed by atoms with E-state index in [1.165, 1.54) is 25.7 Å². The minimum Gasteiger partial charge on any atom is -0.313 e. The van der Waals surface area contributed by atoms with Crippen molar-refractivity contribution < 1.29 is 0 Å². The number of hydrogen-bond donors (Lipinski definition) is 1. The Morgan fingerprint density at radius 1 is 1.24 bits per heavy atom. The molecule has 2 aromatic heterocycles.